The molecular weight excluding hydrogens is 346 g/mol. The molecule has 0 spiro atoms. The highest BCUT2D eigenvalue weighted by molar-refractivity contribution is 7.89. The largest absolute Gasteiger partial charge is 0.325 e. The van der Waals surface area contributed by atoms with Crippen LogP contribution in [-0.4, -0.2) is 44.5 Å². The second kappa shape index (κ2) is 8.05. The first-order chi connectivity index (χ1) is 12.4. The van der Waals surface area contributed by atoms with Crippen molar-refractivity contribution in [1.29, 1.82) is 0 Å². The Balaban J connectivity index is 1.68. The van der Waals surface area contributed by atoms with Gasteiger partial charge in [-0.25, -0.2) is 13.1 Å². The van der Waals surface area contributed by atoms with E-state index < -0.39 is 10.0 Å². The number of fused-ring (bicyclic) bond motifs is 1. The van der Waals surface area contributed by atoms with Gasteiger partial charge in [-0.15, -0.1) is 0 Å². The zero-order chi connectivity index (χ0) is 18.7. The molecule has 1 unspecified atom stereocenters. The predicted molar refractivity (Wildman–Crippen MR) is 107 cm³/mol. The standard InChI is InChI=1S/C20H29N3O2S/c1-15-7-5-8-16(2)23(15)14-18(21)13-22-26(24,25)20-12-6-10-17-9-3-4-11-19(17)20/h3-4,6,9-12,15-16,18,22H,5,7-8,13-14,21H2,1-2H3/t15-,16?,18+/m1/s1. The van der Waals surface area contributed by atoms with E-state index in [1.54, 1.807) is 12.1 Å². The first-order valence-electron chi connectivity index (χ1n) is 9.37. The van der Waals surface area contributed by atoms with E-state index in [0.29, 0.717) is 23.5 Å². The Hall–Kier alpha value is -1.47. The average molecular weight is 376 g/mol. The highest BCUT2D eigenvalue weighted by Crippen LogP contribution is 2.23. The van der Waals surface area contributed by atoms with Gasteiger partial charge in [-0.2, -0.15) is 0 Å². The Morgan fingerprint density at radius 2 is 1.77 bits per heavy atom. The van der Waals surface area contributed by atoms with Crippen molar-refractivity contribution in [3.05, 3.63) is 42.5 Å². The van der Waals surface area contributed by atoms with Crippen LogP contribution in [0.1, 0.15) is 33.1 Å². The number of benzene rings is 2. The lowest BCUT2D eigenvalue weighted by atomic mass is 9.97. The molecule has 0 radical (unpaired) electrons. The van der Waals surface area contributed by atoms with Crippen LogP contribution in [0.4, 0.5) is 0 Å². The number of piperidine rings is 1. The smallest absolute Gasteiger partial charge is 0.241 e. The van der Waals surface area contributed by atoms with Crippen LogP contribution in [0, 0.1) is 0 Å². The summed E-state index contributed by atoms with van der Waals surface area (Å²) in [6.45, 7) is 5.40. The molecule has 0 aromatic heterocycles. The van der Waals surface area contributed by atoms with Gasteiger partial charge in [0.15, 0.2) is 0 Å². The van der Waals surface area contributed by atoms with Gasteiger partial charge in [-0.3, -0.25) is 4.90 Å². The van der Waals surface area contributed by atoms with Crippen molar-refractivity contribution in [2.24, 2.45) is 5.73 Å². The van der Waals surface area contributed by atoms with E-state index in [9.17, 15) is 8.42 Å². The third-order valence-electron chi connectivity index (χ3n) is 5.40. The van der Waals surface area contributed by atoms with Crippen LogP contribution in [0.25, 0.3) is 10.8 Å². The quantitative estimate of drug-likeness (QED) is 0.814. The fraction of sp³-hybridized carbons (Fsp3) is 0.500. The third kappa shape index (κ3) is 4.26. The zero-order valence-electron chi connectivity index (χ0n) is 15.6. The monoisotopic (exact) mass is 375 g/mol. The normalized spacial score (nSPS) is 23.2. The van der Waals surface area contributed by atoms with Crippen LogP contribution in [0.15, 0.2) is 47.4 Å². The van der Waals surface area contributed by atoms with Crippen molar-refractivity contribution in [3.8, 4) is 0 Å². The molecule has 6 heteroatoms. The molecule has 2 aromatic rings. The van der Waals surface area contributed by atoms with Gasteiger partial charge in [0.05, 0.1) is 4.90 Å². The summed E-state index contributed by atoms with van der Waals surface area (Å²) in [5, 5.41) is 1.64. The molecule has 0 amide bonds. The number of sulfonamides is 1. The highest BCUT2D eigenvalue weighted by Gasteiger charge is 2.26. The molecule has 0 bridgehead atoms. The van der Waals surface area contributed by atoms with E-state index in [1.807, 2.05) is 30.3 Å². The first kappa shape index (κ1) is 19.3. The van der Waals surface area contributed by atoms with Crippen molar-refractivity contribution in [1.82, 2.24) is 9.62 Å². The highest BCUT2D eigenvalue weighted by atomic mass is 32.2. The van der Waals surface area contributed by atoms with Gasteiger partial charge >= 0.3 is 0 Å². The van der Waals surface area contributed by atoms with Crippen molar-refractivity contribution in [3.63, 3.8) is 0 Å². The number of nitrogens with two attached hydrogens (primary N) is 1. The number of likely N-dealkylation sites (tertiary alicyclic amines) is 1. The molecule has 3 N–H and O–H groups in total. The summed E-state index contributed by atoms with van der Waals surface area (Å²) >= 11 is 0. The summed E-state index contributed by atoms with van der Waals surface area (Å²) in [5.74, 6) is 0. The van der Waals surface area contributed by atoms with E-state index in [-0.39, 0.29) is 12.6 Å². The molecule has 5 nitrogen and oxygen atoms in total. The second-order valence-electron chi connectivity index (χ2n) is 7.42. The molecule has 1 aliphatic heterocycles. The minimum Gasteiger partial charge on any atom is -0.325 e. The lowest BCUT2D eigenvalue weighted by molar-refractivity contribution is 0.0966. The Kier molecular flexibility index (Phi) is 5.97. The van der Waals surface area contributed by atoms with Crippen molar-refractivity contribution in [2.45, 2.75) is 56.1 Å². The molecular formula is C20H29N3O2S. The fourth-order valence-electron chi connectivity index (χ4n) is 3.89. The lowest BCUT2D eigenvalue weighted by Gasteiger charge is -2.40. The zero-order valence-corrected chi connectivity index (χ0v) is 16.4. The summed E-state index contributed by atoms with van der Waals surface area (Å²) in [6, 6.07) is 13.6. The van der Waals surface area contributed by atoms with E-state index in [1.165, 1.54) is 19.3 Å². The molecule has 1 aliphatic rings. The molecule has 1 heterocycles. The van der Waals surface area contributed by atoms with Gasteiger partial charge in [-0.1, -0.05) is 42.8 Å². The Morgan fingerprint density at radius 1 is 1.12 bits per heavy atom. The van der Waals surface area contributed by atoms with Gasteiger partial charge in [0.2, 0.25) is 10.0 Å². The summed E-state index contributed by atoms with van der Waals surface area (Å²) in [5.41, 5.74) is 6.26. The SMILES string of the molecule is CC1CCC[C@@H](C)N1C[C@@H](N)CNS(=O)(=O)c1cccc2ccccc12. The number of hydrogen-bond acceptors (Lipinski definition) is 4. The summed E-state index contributed by atoms with van der Waals surface area (Å²) in [6.07, 6.45) is 3.61. The molecule has 2 aromatic carbocycles. The fourth-order valence-corrected chi connectivity index (χ4v) is 5.22. The van der Waals surface area contributed by atoms with Crippen molar-refractivity contribution in [2.75, 3.05) is 13.1 Å². The predicted octanol–water partition coefficient (Wildman–Crippen LogP) is 2.71. The Labute approximate surface area is 156 Å². The summed E-state index contributed by atoms with van der Waals surface area (Å²) < 4.78 is 28.3. The van der Waals surface area contributed by atoms with Gasteiger partial charge in [0, 0.05) is 36.6 Å². The molecule has 1 fully saturated rings. The molecule has 0 aliphatic carbocycles. The third-order valence-corrected chi connectivity index (χ3v) is 6.88. The average Bonchev–Trinajstić information content (AvgIpc) is 2.63. The van der Waals surface area contributed by atoms with Gasteiger partial charge in [0.25, 0.3) is 0 Å². The van der Waals surface area contributed by atoms with Gasteiger partial charge < -0.3 is 5.73 Å². The van der Waals surface area contributed by atoms with Crippen molar-refractivity contribution >= 4 is 20.8 Å². The van der Waals surface area contributed by atoms with Crippen LogP contribution in [-0.2, 0) is 10.0 Å². The van der Waals surface area contributed by atoms with Crippen LogP contribution in [0.2, 0.25) is 0 Å². The van der Waals surface area contributed by atoms with E-state index >= 15 is 0 Å². The van der Waals surface area contributed by atoms with Gasteiger partial charge in [-0.05, 0) is 38.1 Å². The maximum Gasteiger partial charge on any atom is 0.241 e. The van der Waals surface area contributed by atoms with Crippen LogP contribution in [0.3, 0.4) is 0 Å². The minimum absolute atomic E-state index is 0.234. The number of nitrogens with zero attached hydrogens (tertiary/aromatic N) is 1. The maximum absolute atomic E-state index is 12.8. The minimum atomic E-state index is -3.60. The first-order valence-corrected chi connectivity index (χ1v) is 10.9. The molecule has 3 atom stereocenters. The van der Waals surface area contributed by atoms with Crippen LogP contribution in [0.5, 0.6) is 0 Å². The molecule has 3 rings (SSSR count). The maximum atomic E-state index is 12.8. The topological polar surface area (TPSA) is 75.4 Å². The lowest BCUT2D eigenvalue weighted by Crippen LogP contribution is -2.52. The van der Waals surface area contributed by atoms with E-state index in [4.69, 9.17) is 5.73 Å². The number of rotatable bonds is 6. The number of hydrogen-bond donors (Lipinski definition) is 2. The Morgan fingerprint density at radius 3 is 2.50 bits per heavy atom. The van der Waals surface area contributed by atoms with Crippen molar-refractivity contribution < 1.29 is 8.42 Å². The molecule has 0 saturated carbocycles. The van der Waals surface area contributed by atoms with Gasteiger partial charge in [0.1, 0.15) is 0 Å². The van der Waals surface area contributed by atoms with Crippen LogP contribution < -0.4 is 10.5 Å². The van der Waals surface area contributed by atoms with E-state index in [0.717, 1.165) is 10.8 Å². The molecule has 26 heavy (non-hydrogen) atoms. The Bertz CT molecular complexity index is 838. The van der Waals surface area contributed by atoms with E-state index in [2.05, 4.69) is 23.5 Å². The number of nitrogens with one attached hydrogen (secondary N) is 1. The van der Waals surface area contributed by atoms with Crippen LogP contribution >= 0.6 is 0 Å². The summed E-state index contributed by atoms with van der Waals surface area (Å²) in [4.78, 5) is 2.71. The molecule has 1 saturated heterocycles. The second-order valence-corrected chi connectivity index (χ2v) is 9.15. The summed E-state index contributed by atoms with van der Waals surface area (Å²) in [7, 11) is -3.60. The molecule has 142 valence electrons.